The number of fused-ring (bicyclic) bond motifs is 1. The molecule has 7 nitrogen and oxygen atoms in total. The third-order valence-electron chi connectivity index (χ3n) is 6.14. The predicted molar refractivity (Wildman–Crippen MR) is 125 cm³/mol. The van der Waals surface area contributed by atoms with E-state index in [9.17, 15) is 9.90 Å². The number of halogens is 1. The van der Waals surface area contributed by atoms with Crippen LogP contribution >= 0.6 is 11.6 Å². The van der Waals surface area contributed by atoms with E-state index in [-0.39, 0.29) is 12.2 Å². The lowest BCUT2D eigenvalue weighted by atomic mass is 9.87. The fourth-order valence-electron chi connectivity index (χ4n) is 4.44. The minimum atomic E-state index is -1.02. The van der Waals surface area contributed by atoms with E-state index >= 15 is 0 Å². The Labute approximate surface area is 198 Å². The van der Waals surface area contributed by atoms with Crippen molar-refractivity contribution < 1.29 is 29.2 Å². The third kappa shape index (κ3) is 5.79. The molecule has 0 radical (unpaired) electrons. The number of hydrogen-bond donors (Lipinski definition) is 2. The topological polar surface area (TPSA) is 88.5 Å². The zero-order valence-corrected chi connectivity index (χ0v) is 19.3. The lowest BCUT2D eigenvalue weighted by Gasteiger charge is -2.39. The summed E-state index contributed by atoms with van der Waals surface area (Å²) >= 11 is 6.12. The van der Waals surface area contributed by atoms with E-state index in [1.165, 1.54) is 18.7 Å². The van der Waals surface area contributed by atoms with Crippen molar-refractivity contribution in [2.24, 2.45) is 0 Å². The van der Waals surface area contributed by atoms with E-state index in [1.807, 2.05) is 18.2 Å². The number of rotatable bonds is 8. The summed E-state index contributed by atoms with van der Waals surface area (Å²) in [5, 5.41) is 20.0. The molecule has 1 fully saturated rings. The first-order chi connectivity index (χ1) is 15.9. The highest BCUT2D eigenvalue weighted by atomic mass is 35.5. The second-order valence-corrected chi connectivity index (χ2v) is 9.00. The first-order valence-corrected chi connectivity index (χ1v) is 11.3. The van der Waals surface area contributed by atoms with Crippen LogP contribution in [0.4, 0.5) is 0 Å². The zero-order valence-electron chi connectivity index (χ0n) is 18.5. The van der Waals surface area contributed by atoms with Gasteiger partial charge in [-0.3, -0.25) is 0 Å². The standard InChI is InChI=1S/C25H28ClNO6/c1-31-23-12-17(3-7-24(29)30)2-5-22(23)32-16-20(28)15-27-10-8-25(9-11-27)14-18-13-19(26)4-6-21(18)33-25/h2-7,12-13,20,28H,8-11,14-16H2,1H3,(H,29,30)/b7-3+/t20-/m1/s1. The van der Waals surface area contributed by atoms with Crippen LogP contribution < -0.4 is 14.2 Å². The fourth-order valence-corrected chi connectivity index (χ4v) is 4.63. The number of hydrogen-bond acceptors (Lipinski definition) is 6. The number of carboxylic acids is 1. The van der Waals surface area contributed by atoms with Crippen LogP contribution in [0.1, 0.15) is 24.0 Å². The van der Waals surface area contributed by atoms with Crippen LogP contribution in [0.25, 0.3) is 6.08 Å². The van der Waals surface area contributed by atoms with Crippen molar-refractivity contribution in [1.29, 1.82) is 0 Å². The molecule has 2 N–H and O–H groups in total. The van der Waals surface area contributed by atoms with Crippen LogP contribution in [-0.2, 0) is 11.2 Å². The number of piperidine rings is 1. The van der Waals surface area contributed by atoms with Crippen LogP contribution in [0.3, 0.4) is 0 Å². The highest BCUT2D eigenvalue weighted by Crippen LogP contribution is 2.42. The minimum Gasteiger partial charge on any atom is -0.493 e. The van der Waals surface area contributed by atoms with E-state index in [2.05, 4.69) is 4.90 Å². The first-order valence-electron chi connectivity index (χ1n) is 11.0. The van der Waals surface area contributed by atoms with Gasteiger partial charge in [0.15, 0.2) is 11.5 Å². The van der Waals surface area contributed by atoms with Crippen LogP contribution in [0.15, 0.2) is 42.5 Å². The van der Waals surface area contributed by atoms with Gasteiger partial charge in [0.25, 0.3) is 0 Å². The van der Waals surface area contributed by atoms with Crippen molar-refractivity contribution in [3.63, 3.8) is 0 Å². The number of likely N-dealkylation sites (tertiary alicyclic amines) is 1. The summed E-state index contributed by atoms with van der Waals surface area (Å²) in [5.74, 6) is 0.888. The number of methoxy groups -OCH3 is 1. The highest BCUT2D eigenvalue weighted by Gasteiger charge is 2.42. The van der Waals surface area contributed by atoms with Gasteiger partial charge in [0.2, 0.25) is 0 Å². The number of carbonyl (C=O) groups is 1. The monoisotopic (exact) mass is 473 g/mol. The Kier molecular flexibility index (Phi) is 7.12. The van der Waals surface area contributed by atoms with Gasteiger partial charge in [0.1, 0.15) is 24.1 Å². The van der Waals surface area contributed by atoms with Crippen molar-refractivity contribution in [3.05, 3.63) is 58.6 Å². The van der Waals surface area contributed by atoms with Crippen LogP contribution in [0, 0.1) is 0 Å². The fraction of sp³-hybridized carbons (Fsp3) is 0.400. The molecule has 8 heteroatoms. The number of ether oxygens (including phenoxy) is 3. The smallest absolute Gasteiger partial charge is 0.328 e. The van der Waals surface area contributed by atoms with Crippen molar-refractivity contribution in [2.75, 3.05) is 33.4 Å². The summed E-state index contributed by atoms with van der Waals surface area (Å²) in [6.07, 6.45) is 4.55. The van der Waals surface area contributed by atoms with E-state index in [0.29, 0.717) is 23.6 Å². The normalized spacial score (nSPS) is 18.2. The molecular formula is C25H28ClNO6. The molecule has 2 aliphatic rings. The Bertz CT molecular complexity index is 1030. The Morgan fingerprint density at radius 1 is 1.24 bits per heavy atom. The molecule has 1 atom stereocenters. The quantitative estimate of drug-likeness (QED) is 0.565. The van der Waals surface area contributed by atoms with Gasteiger partial charge in [-0.1, -0.05) is 17.7 Å². The van der Waals surface area contributed by atoms with Gasteiger partial charge >= 0.3 is 5.97 Å². The average molecular weight is 474 g/mol. The molecular weight excluding hydrogens is 446 g/mol. The zero-order chi connectivity index (χ0) is 23.4. The maximum Gasteiger partial charge on any atom is 0.328 e. The summed E-state index contributed by atoms with van der Waals surface area (Å²) in [6.45, 7) is 2.32. The first kappa shape index (κ1) is 23.4. The van der Waals surface area contributed by atoms with Crippen molar-refractivity contribution >= 4 is 23.6 Å². The molecule has 2 aromatic rings. The molecule has 4 rings (SSSR count). The SMILES string of the molecule is COc1cc(/C=C/C(=O)O)ccc1OC[C@H](O)CN1CCC2(CC1)Cc1cc(Cl)ccc1O2. The second kappa shape index (κ2) is 10.0. The van der Waals surface area contributed by atoms with Gasteiger partial charge in [0, 0.05) is 50.0 Å². The Morgan fingerprint density at radius 3 is 2.76 bits per heavy atom. The summed E-state index contributed by atoms with van der Waals surface area (Å²) in [4.78, 5) is 12.9. The Balaban J connectivity index is 1.26. The molecule has 1 spiro atoms. The predicted octanol–water partition coefficient (Wildman–Crippen LogP) is 3.66. The molecule has 0 aromatic heterocycles. The van der Waals surface area contributed by atoms with E-state index in [1.54, 1.807) is 18.2 Å². The minimum absolute atomic E-state index is 0.128. The maximum atomic E-state index is 10.7. The second-order valence-electron chi connectivity index (χ2n) is 8.56. The van der Waals surface area contributed by atoms with Crippen LogP contribution in [0.5, 0.6) is 17.2 Å². The molecule has 0 saturated carbocycles. The Morgan fingerprint density at radius 2 is 2.03 bits per heavy atom. The maximum absolute atomic E-state index is 10.7. The Hall–Kier alpha value is -2.74. The van der Waals surface area contributed by atoms with E-state index < -0.39 is 12.1 Å². The lowest BCUT2D eigenvalue weighted by molar-refractivity contribution is -0.131. The molecule has 33 heavy (non-hydrogen) atoms. The van der Waals surface area contributed by atoms with Gasteiger partial charge in [-0.05, 0) is 47.5 Å². The summed E-state index contributed by atoms with van der Waals surface area (Å²) in [7, 11) is 1.52. The van der Waals surface area contributed by atoms with Gasteiger partial charge in [-0.25, -0.2) is 4.79 Å². The largest absolute Gasteiger partial charge is 0.493 e. The number of nitrogens with zero attached hydrogens (tertiary/aromatic N) is 1. The molecule has 0 unspecified atom stereocenters. The molecule has 0 amide bonds. The third-order valence-corrected chi connectivity index (χ3v) is 6.37. The molecule has 0 bridgehead atoms. The lowest BCUT2D eigenvalue weighted by Crippen LogP contribution is -2.49. The van der Waals surface area contributed by atoms with Gasteiger partial charge < -0.3 is 29.3 Å². The molecule has 2 aromatic carbocycles. The van der Waals surface area contributed by atoms with Crippen LogP contribution in [0.2, 0.25) is 5.02 Å². The van der Waals surface area contributed by atoms with E-state index in [0.717, 1.165) is 49.2 Å². The molecule has 176 valence electrons. The summed E-state index contributed by atoms with van der Waals surface area (Å²) in [5.41, 5.74) is 1.68. The number of aliphatic hydroxyl groups is 1. The van der Waals surface area contributed by atoms with Crippen molar-refractivity contribution in [3.8, 4) is 17.2 Å². The molecule has 2 aliphatic heterocycles. The number of β-amino-alcohol motifs (C(OH)–C–C–N with tert-alkyl or cyclic N) is 1. The van der Waals surface area contributed by atoms with Crippen molar-refractivity contribution in [2.45, 2.75) is 31.0 Å². The van der Waals surface area contributed by atoms with Crippen molar-refractivity contribution in [1.82, 2.24) is 4.90 Å². The van der Waals surface area contributed by atoms with Gasteiger partial charge in [-0.15, -0.1) is 0 Å². The molecule has 2 heterocycles. The summed E-state index contributed by atoms with van der Waals surface area (Å²) in [6, 6.07) is 10.9. The number of carboxylic acid groups (broad SMARTS) is 1. The van der Waals surface area contributed by atoms with Gasteiger partial charge in [0.05, 0.1) is 7.11 Å². The van der Waals surface area contributed by atoms with Crippen LogP contribution in [-0.4, -0.2) is 66.1 Å². The van der Waals surface area contributed by atoms with E-state index in [4.69, 9.17) is 30.9 Å². The number of aliphatic carboxylic acids is 1. The number of aliphatic hydroxyl groups excluding tert-OH is 1. The average Bonchev–Trinajstić information content (AvgIpc) is 3.15. The molecule has 0 aliphatic carbocycles. The molecule has 1 saturated heterocycles. The highest BCUT2D eigenvalue weighted by molar-refractivity contribution is 6.30. The number of benzene rings is 2. The van der Waals surface area contributed by atoms with Gasteiger partial charge in [-0.2, -0.15) is 0 Å². The summed E-state index contributed by atoms with van der Waals surface area (Å²) < 4.78 is 17.4.